The summed E-state index contributed by atoms with van der Waals surface area (Å²) in [5.74, 6) is 0.138. The van der Waals surface area contributed by atoms with E-state index in [9.17, 15) is 0 Å². The zero-order chi connectivity index (χ0) is 9.26. The quantitative estimate of drug-likeness (QED) is 0.505. The molecule has 0 amide bonds. The molecule has 3 N–H and O–H groups in total. The zero-order valence-electron chi connectivity index (χ0n) is 6.94. The number of rotatable bonds is 2. The van der Waals surface area contributed by atoms with Gasteiger partial charge in [0.15, 0.2) is 0 Å². The van der Waals surface area contributed by atoms with Gasteiger partial charge < -0.3 is 5.73 Å². The van der Waals surface area contributed by atoms with Crippen molar-refractivity contribution in [3.05, 3.63) is 30.4 Å². The van der Waals surface area contributed by atoms with Crippen molar-refractivity contribution in [3.63, 3.8) is 0 Å². The summed E-state index contributed by atoms with van der Waals surface area (Å²) in [4.78, 5) is 3.89. The molecule has 2 aromatic heterocycles. The summed E-state index contributed by atoms with van der Waals surface area (Å²) < 4.78 is 1.73. The smallest absolute Gasteiger partial charge is 0.136 e. The number of nitrogens with two attached hydrogens (primary N) is 1. The Kier molecular flexibility index (Phi) is 1.70. The highest BCUT2D eigenvalue weighted by Gasteiger charge is 2.02. The van der Waals surface area contributed by atoms with Gasteiger partial charge in [0.2, 0.25) is 0 Å². The third kappa shape index (κ3) is 1.35. The molecular weight excluding hydrogens is 166 g/mol. The fraction of sp³-hybridized carbons (Fsp3) is 0.125. The molecule has 0 aliphatic rings. The molecule has 0 aromatic carbocycles. The van der Waals surface area contributed by atoms with Crippen LogP contribution < -0.4 is 5.73 Å². The molecule has 13 heavy (non-hydrogen) atoms. The first-order valence-corrected chi connectivity index (χ1v) is 3.87. The molecule has 66 valence electrons. The highest BCUT2D eigenvalue weighted by atomic mass is 15.2. The molecule has 0 unspecified atom stereocenters. The summed E-state index contributed by atoms with van der Waals surface area (Å²) in [7, 11) is 0. The fourth-order valence-corrected chi connectivity index (χ4v) is 1.25. The molecule has 0 saturated carbocycles. The van der Waals surface area contributed by atoms with Gasteiger partial charge in [-0.05, 0) is 12.1 Å². The average molecular weight is 175 g/mol. The first-order chi connectivity index (χ1) is 6.27. The van der Waals surface area contributed by atoms with Crippen molar-refractivity contribution in [2.24, 2.45) is 5.73 Å². The van der Waals surface area contributed by atoms with Crippen LogP contribution in [0.2, 0.25) is 0 Å². The Morgan fingerprint density at radius 3 is 3.15 bits per heavy atom. The minimum absolute atomic E-state index is 0.138. The molecule has 0 aliphatic carbocycles. The summed E-state index contributed by atoms with van der Waals surface area (Å²) in [6, 6.07) is 3.80. The second-order valence-electron chi connectivity index (χ2n) is 2.77. The van der Waals surface area contributed by atoms with Crippen molar-refractivity contribution in [1.29, 1.82) is 5.41 Å². The molecule has 0 saturated heterocycles. The molecule has 5 nitrogen and oxygen atoms in total. The highest BCUT2D eigenvalue weighted by Crippen LogP contribution is 2.06. The van der Waals surface area contributed by atoms with E-state index in [-0.39, 0.29) is 5.84 Å². The van der Waals surface area contributed by atoms with Crippen LogP contribution in [0, 0.1) is 5.41 Å². The molecular formula is C8H9N5. The third-order valence-electron chi connectivity index (χ3n) is 1.78. The second kappa shape index (κ2) is 2.85. The van der Waals surface area contributed by atoms with Crippen molar-refractivity contribution >= 4 is 11.4 Å². The molecule has 2 aromatic rings. The van der Waals surface area contributed by atoms with Crippen LogP contribution in [0.1, 0.15) is 5.69 Å². The van der Waals surface area contributed by atoms with E-state index in [0.717, 1.165) is 11.2 Å². The van der Waals surface area contributed by atoms with E-state index in [1.165, 1.54) is 6.33 Å². The highest BCUT2D eigenvalue weighted by molar-refractivity contribution is 5.79. The Morgan fingerprint density at radius 2 is 2.38 bits per heavy atom. The maximum Gasteiger partial charge on any atom is 0.136 e. The number of nitrogens with zero attached hydrogens (tertiary/aromatic N) is 3. The van der Waals surface area contributed by atoms with Crippen molar-refractivity contribution < 1.29 is 0 Å². The van der Waals surface area contributed by atoms with Gasteiger partial charge in [0.1, 0.15) is 6.33 Å². The molecule has 2 rings (SSSR count). The van der Waals surface area contributed by atoms with E-state index in [4.69, 9.17) is 11.1 Å². The van der Waals surface area contributed by atoms with Crippen molar-refractivity contribution in [3.8, 4) is 0 Å². The van der Waals surface area contributed by atoms with E-state index >= 15 is 0 Å². The van der Waals surface area contributed by atoms with Crippen LogP contribution in [0.15, 0.2) is 24.7 Å². The lowest BCUT2D eigenvalue weighted by Gasteiger charge is -1.98. The standard InChI is InChI=1S/C8H9N5/c9-8(10)3-6-1-2-7-4-11-5-12-13(6)7/h1-2,4-5H,3H2,(H3,9,10). The van der Waals surface area contributed by atoms with Gasteiger partial charge in [-0.2, -0.15) is 5.10 Å². The SMILES string of the molecule is N=C(N)Cc1ccc2cncnn12. The maximum absolute atomic E-state index is 7.17. The van der Waals surface area contributed by atoms with E-state index in [2.05, 4.69) is 10.1 Å². The van der Waals surface area contributed by atoms with E-state index in [0.29, 0.717) is 6.42 Å². The largest absolute Gasteiger partial charge is 0.387 e. The number of hydrogen-bond acceptors (Lipinski definition) is 3. The van der Waals surface area contributed by atoms with Gasteiger partial charge in [0.05, 0.1) is 23.2 Å². The zero-order valence-corrected chi connectivity index (χ0v) is 6.94. The molecule has 0 fully saturated rings. The van der Waals surface area contributed by atoms with Gasteiger partial charge in [-0.1, -0.05) is 0 Å². The Bertz CT molecular complexity index is 444. The van der Waals surface area contributed by atoms with E-state index in [1.807, 2.05) is 12.1 Å². The van der Waals surface area contributed by atoms with E-state index < -0.39 is 0 Å². The van der Waals surface area contributed by atoms with Crippen LogP contribution in [0.5, 0.6) is 0 Å². The van der Waals surface area contributed by atoms with Crippen molar-refractivity contribution in [1.82, 2.24) is 14.6 Å². The first kappa shape index (κ1) is 7.72. The predicted molar refractivity (Wildman–Crippen MR) is 48.6 cm³/mol. The predicted octanol–water partition coefficient (Wildman–Crippen LogP) is 0.208. The number of nitrogens with one attached hydrogen (secondary N) is 1. The minimum atomic E-state index is 0.138. The molecule has 0 spiro atoms. The Morgan fingerprint density at radius 1 is 1.54 bits per heavy atom. The summed E-state index contributed by atoms with van der Waals surface area (Å²) in [5, 5.41) is 11.2. The van der Waals surface area contributed by atoms with Gasteiger partial charge in [0.25, 0.3) is 0 Å². The van der Waals surface area contributed by atoms with E-state index in [1.54, 1.807) is 10.7 Å². The Balaban J connectivity index is 2.51. The number of fused-ring (bicyclic) bond motifs is 1. The van der Waals surface area contributed by atoms with Gasteiger partial charge in [-0.15, -0.1) is 0 Å². The van der Waals surface area contributed by atoms with Crippen LogP contribution in [0.3, 0.4) is 0 Å². The first-order valence-electron chi connectivity index (χ1n) is 3.87. The molecule has 0 radical (unpaired) electrons. The topological polar surface area (TPSA) is 80.1 Å². The Hall–Kier alpha value is -1.91. The molecule has 0 aliphatic heterocycles. The molecule has 0 bridgehead atoms. The minimum Gasteiger partial charge on any atom is -0.387 e. The van der Waals surface area contributed by atoms with Crippen molar-refractivity contribution in [2.75, 3.05) is 0 Å². The summed E-state index contributed by atoms with van der Waals surface area (Å²) in [6.07, 6.45) is 3.61. The number of aromatic nitrogens is 3. The van der Waals surface area contributed by atoms with Gasteiger partial charge >= 0.3 is 0 Å². The van der Waals surface area contributed by atoms with Crippen LogP contribution in [-0.2, 0) is 6.42 Å². The van der Waals surface area contributed by atoms with Gasteiger partial charge in [-0.25, -0.2) is 9.50 Å². The lowest BCUT2D eigenvalue weighted by molar-refractivity contribution is 0.857. The number of amidine groups is 1. The van der Waals surface area contributed by atoms with Crippen molar-refractivity contribution in [2.45, 2.75) is 6.42 Å². The normalized spacial score (nSPS) is 10.5. The fourth-order valence-electron chi connectivity index (χ4n) is 1.25. The van der Waals surface area contributed by atoms with Crippen LogP contribution in [0.25, 0.3) is 5.52 Å². The second-order valence-corrected chi connectivity index (χ2v) is 2.77. The molecule has 5 heteroatoms. The summed E-state index contributed by atoms with van der Waals surface area (Å²) in [6.45, 7) is 0. The maximum atomic E-state index is 7.17. The van der Waals surface area contributed by atoms with Crippen LogP contribution in [-0.4, -0.2) is 20.4 Å². The average Bonchev–Trinajstić information content (AvgIpc) is 2.48. The van der Waals surface area contributed by atoms with Crippen LogP contribution >= 0.6 is 0 Å². The third-order valence-corrected chi connectivity index (χ3v) is 1.78. The van der Waals surface area contributed by atoms with Gasteiger partial charge in [0, 0.05) is 6.42 Å². The number of hydrogen-bond donors (Lipinski definition) is 2. The monoisotopic (exact) mass is 175 g/mol. The summed E-state index contributed by atoms with van der Waals surface area (Å²) in [5.41, 5.74) is 7.12. The lowest BCUT2D eigenvalue weighted by Crippen LogP contribution is -2.14. The molecule has 2 heterocycles. The summed E-state index contributed by atoms with van der Waals surface area (Å²) >= 11 is 0. The lowest BCUT2D eigenvalue weighted by atomic mass is 10.3. The van der Waals surface area contributed by atoms with Gasteiger partial charge in [-0.3, -0.25) is 5.41 Å². The van der Waals surface area contributed by atoms with Crippen LogP contribution in [0.4, 0.5) is 0 Å². The Labute approximate surface area is 74.7 Å². The molecule has 0 atom stereocenters.